The van der Waals surface area contributed by atoms with Gasteiger partial charge < -0.3 is 25.5 Å². The number of amides is 1. The number of hydrogen-bond donors (Lipinski definition) is 3. The maximum absolute atomic E-state index is 14.2. The van der Waals surface area contributed by atoms with Gasteiger partial charge in [0.2, 0.25) is 0 Å². The molecule has 0 saturated heterocycles. The van der Waals surface area contributed by atoms with Crippen LogP contribution in [0, 0.1) is 5.82 Å². The lowest BCUT2D eigenvalue weighted by atomic mass is 10.1. The zero-order valence-electron chi connectivity index (χ0n) is 16.9. The number of anilines is 3. The molecule has 1 amide bonds. The summed E-state index contributed by atoms with van der Waals surface area (Å²) in [5, 5.41) is 5.76. The Bertz CT molecular complexity index is 1200. The SMILES string of the molecule is Nc1ncccc1NCc1cc(NC(=O)c2ccc(OCc3ccco3)cn2)ccc1F. The van der Waals surface area contributed by atoms with Crippen molar-refractivity contribution in [3.8, 4) is 5.75 Å². The van der Waals surface area contributed by atoms with E-state index in [4.69, 9.17) is 14.9 Å². The number of carbonyl (C=O) groups is 1. The van der Waals surface area contributed by atoms with Crippen LogP contribution in [0.1, 0.15) is 21.8 Å². The molecule has 4 rings (SSSR count). The average Bonchev–Trinajstić information content (AvgIpc) is 3.33. The van der Waals surface area contributed by atoms with Gasteiger partial charge in [-0.2, -0.15) is 0 Å². The lowest BCUT2D eigenvalue weighted by molar-refractivity contribution is 0.102. The summed E-state index contributed by atoms with van der Waals surface area (Å²) >= 11 is 0. The van der Waals surface area contributed by atoms with E-state index >= 15 is 0 Å². The number of hydrogen-bond acceptors (Lipinski definition) is 7. The number of nitrogen functional groups attached to an aromatic ring is 1. The van der Waals surface area contributed by atoms with Crippen molar-refractivity contribution < 1.29 is 18.3 Å². The summed E-state index contributed by atoms with van der Waals surface area (Å²) in [6.45, 7) is 0.433. The Kier molecular flexibility index (Phi) is 6.26. The first-order valence-electron chi connectivity index (χ1n) is 9.74. The highest BCUT2D eigenvalue weighted by Gasteiger charge is 2.11. The number of ether oxygens (including phenoxy) is 1. The molecule has 0 radical (unpaired) electrons. The molecule has 8 nitrogen and oxygen atoms in total. The minimum atomic E-state index is -0.426. The van der Waals surface area contributed by atoms with Crippen molar-refractivity contribution in [2.24, 2.45) is 0 Å². The third-order valence-corrected chi connectivity index (χ3v) is 4.54. The highest BCUT2D eigenvalue weighted by Crippen LogP contribution is 2.20. The van der Waals surface area contributed by atoms with Gasteiger partial charge in [-0.15, -0.1) is 0 Å². The Morgan fingerprint density at radius 3 is 2.78 bits per heavy atom. The second-order valence-electron chi connectivity index (χ2n) is 6.80. The van der Waals surface area contributed by atoms with E-state index in [1.807, 2.05) is 0 Å². The molecule has 0 bridgehead atoms. The minimum absolute atomic E-state index is 0.172. The van der Waals surface area contributed by atoms with Crippen molar-refractivity contribution in [3.63, 3.8) is 0 Å². The summed E-state index contributed by atoms with van der Waals surface area (Å²) in [6.07, 6.45) is 4.59. The fourth-order valence-corrected chi connectivity index (χ4v) is 2.89. The third-order valence-electron chi connectivity index (χ3n) is 4.54. The van der Waals surface area contributed by atoms with Crippen LogP contribution in [-0.4, -0.2) is 15.9 Å². The summed E-state index contributed by atoms with van der Waals surface area (Å²) in [4.78, 5) is 20.6. The monoisotopic (exact) mass is 433 g/mol. The molecule has 1 aromatic carbocycles. The third kappa shape index (κ3) is 5.20. The second kappa shape index (κ2) is 9.61. The molecule has 0 aliphatic heterocycles. The number of benzene rings is 1. The molecule has 3 heterocycles. The Morgan fingerprint density at radius 2 is 2.03 bits per heavy atom. The molecular formula is C23H20FN5O3. The molecule has 0 saturated carbocycles. The van der Waals surface area contributed by atoms with Gasteiger partial charge in [-0.25, -0.2) is 14.4 Å². The summed E-state index contributed by atoms with van der Waals surface area (Å²) in [7, 11) is 0. The number of nitrogens with one attached hydrogen (secondary N) is 2. The van der Waals surface area contributed by atoms with Gasteiger partial charge in [-0.05, 0) is 54.6 Å². The van der Waals surface area contributed by atoms with Crippen LogP contribution < -0.4 is 21.1 Å². The lowest BCUT2D eigenvalue weighted by Crippen LogP contribution is -2.14. The van der Waals surface area contributed by atoms with Gasteiger partial charge in [-0.1, -0.05) is 0 Å². The molecule has 4 aromatic rings. The van der Waals surface area contributed by atoms with E-state index in [-0.39, 0.29) is 18.8 Å². The molecular weight excluding hydrogens is 413 g/mol. The highest BCUT2D eigenvalue weighted by molar-refractivity contribution is 6.02. The molecule has 4 N–H and O–H groups in total. The topological polar surface area (TPSA) is 115 Å². The molecule has 162 valence electrons. The van der Waals surface area contributed by atoms with Crippen LogP contribution in [0.5, 0.6) is 5.75 Å². The van der Waals surface area contributed by atoms with E-state index in [9.17, 15) is 9.18 Å². The van der Waals surface area contributed by atoms with E-state index in [1.165, 1.54) is 18.3 Å². The number of carbonyl (C=O) groups excluding carboxylic acids is 1. The molecule has 0 unspecified atom stereocenters. The molecule has 0 atom stereocenters. The lowest BCUT2D eigenvalue weighted by Gasteiger charge is -2.11. The van der Waals surface area contributed by atoms with E-state index in [2.05, 4.69) is 20.6 Å². The maximum atomic E-state index is 14.2. The zero-order valence-corrected chi connectivity index (χ0v) is 16.9. The number of pyridine rings is 2. The fourth-order valence-electron chi connectivity index (χ4n) is 2.89. The van der Waals surface area contributed by atoms with Gasteiger partial charge >= 0.3 is 0 Å². The number of nitrogens with two attached hydrogens (primary N) is 1. The molecule has 0 aliphatic carbocycles. The van der Waals surface area contributed by atoms with Crippen molar-refractivity contribution in [2.45, 2.75) is 13.2 Å². The highest BCUT2D eigenvalue weighted by atomic mass is 19.1. The largest absolute Gasteiger partial charge is 0.484 e. The van der Waals surface area contributed by atoms with E-state index in [0.717, 1.165) is 0 Å². The number of nitrogens with zero attached hydrogens (tertiary/aromatic N) is 2. The predicted molar refractivity (Wildman–Crippen MR) is 118 cm³/mol. The number of furan rings is 1. The van der Waals surface area contributed by atoms with Crippen LogP contribution >= 0.6 is 0 Å². The van der Waals surface area contributed by atoms with E-state index < -0.39 is 11.7 Å². The first kappa shape index (κ1) is 20.9. The quantitative estimate of drug-likeness (QED) is 0.381. The molecule has 32 heavy (non-hydrogen) atoms. The van der Waals surface area contributed by atoms with Crippen LogP contribution in [0.4, 0.5) is 21.6 Å². The first-order chi connectivity index (χ1) is 15.6. The van der Waals surface area contributed by atoms with Crippen LogP contribution in [0.3, 0.4) is 0 Å². The molecule has 0 aliphatic rings. The smallest absolute Gasteiger partial charge is 0.274 e. The normalized spacial score (nSPS) is 10.5. The van der Waals surface area contributed by atoms with E-state index in [1.54, 1.807) is 54.9 Å². The van der Waals surface area contributed by atoms with Crippen molar-refractivity contribution in [1.82, 2.24) is 9.97 Å². The number of halogens is 1. The van der Waals surface area contributed by atoms with Gasteiger partial charge in [0.15, 0.2) is 0 Å². The first-order valence-corrected chi connectivity index (χ1v) is 9.74. The Labute approximate surface area is 183 Å². The second-order valence-corrected chi connectivity index (χ2v) is 6.80. The average molecular weight is 433 g/mol. The number of rotatable bonds is 8. The molecule has 0 spiro atoms. The number of aromatic nitrogens is 2. The van der Waals surface area contributed by atoms with E-state index in [0.29, 0.717) is 34.3 Å². The van der Waals surface area contributed by atoms with Crippen LogP contribution in [-0.2, 0) is 13.2 Å². The van der Waals surface area contributed by atoms with Crippen LogP contribution in [0.25, 0.3) is 0 Å². The van der Waals surface area contributed by atoms with Gasteiger partial charge in [0.1, 0.15) is 35.4 Å². The van der Waals surface area contributed by atoms with Gasteiger partial charge in [-0.3, -0.25) is 4.79 Å². The van der Waals surface area contributed by atoms with Crippen molar-refractivity contribution in [1.29, 1.82) is 0 Å². The summed E-state index contributed by atoms with van der Waals surface area (Å²) in [5.74, 6) is 0.668. The van der Waals surface area contributed by atoms with Crippen LogP contribution in [0.15, 0.2) is 77.7 Å². The van der Waals surface area contributed by atoms with Crippen molar-refractivity contribution in [2.75, 3.05) is 16.4 Å². The van der Waals surface area contributed by atoms with Crippen molar-refractivity contribution >= 4 is 23.1 Å². The zero-order chi connectivity index (χ0) is 22.3. The summed E-state index contributed by atoms with van der Waals surface area (Å²) < 4.78 is 25.0. The molecule has 3 aromatic heterocycles. The van der Waals surface area contributed by atoms with Gasteiger partial charge in [0, 0.05) is 24.0 Å². The Morgan fingerprint density at radius 1 is 1.12 bits per heavy atom. The Balaban J connectivity index is 1.37. The predicted octanol–water partition coefficient (Wildman–Crippen LogP) is 4.23. The van der Waals surface area contributed by atoms with Crippen molar-refractivity contribution in [3.05, 3.63) is 96.1 Å². The minimum Gasteiger partial charge on any atom is -0.484 e. The fraction of sp³-hybridized carbons (Fsp3) is 0.0870. The molecule has 0 fully saturated rings. The van der Waals surface area contributed by atoms with Crippen LogP contribution in [0.2, 0.25) is 0 Å². The Hall–Kier alpha value is -4.40. The standard InChI is InChI=1S/C23H20FN5O3/c24-19-7-5-16(11-15(19)12-27-20-4-1-9-26-22(20)25)29-23(30)21-8-6-17(13-28-21)32-14-18-3-2-10-31-18/h1-11,13,27H,12,14H2,(H2,25,26)(H,29,30). The summed E-state index contributed by atoms with van der Waals surface area (Å²) in [6, 6.07) is 14.6. The summed E-state index contributed by atoms with van der Waals surface area (Å²) in [5.41, 5.74) is 7.39. The van der Waals surface area contributed by atoms with Gasteiger partial charge in [0.05, 0.1) is 18.1 Å². The maximum Gasteiger partial charge on any atom is 0.274 e. The van der Waals surface area contributed by atoms with Gasteiger partial charge in [0.25, 0.3) is 5.91 Å². The molecule has 9 heteroatoms.